The number of piperazine rings is 2. The maximum atomic E-state index is 6.53. The van der Waals surface area contributed by atoms with Crippen LogP contribution in [0.2, 0.25) is 0 Å². The highest BCUT2D eigenvalue weighted by molar-refractivity contribution is 5.81. The number of aromatic amines is 1. The standard InChI is InChI=1S/C28H38N8/c1-20-26(29)28(36-12-10-30-11-13-36)33-27(20)21-8-9-31-24(18-21)22-6-7-25(32-19-22)35-16-14-34(15-17-35)23-4-2-3-5-23/h6-9,18-19,23,30,33H,2-5,10-17,29H2,1H3. The molecule has 36 heavy (non-hydrogen) atoms. The normalized spacial score (nSPS) is 19.8. The molecule has 0 unspecified atom stereocenters. The molecule has 0 amide bonds. The van der Waals surface area contributed by atoms with Gasteiger partial charge in [-0.3, -0.25) is 9.88 Å². The van der Waals surface area contributed by atoms with Gasteiger partial charge < -0.3 is 25.8 Å². The zero-order valence-corrected chi connectivity index (χ0v) is 21.3. The number of rotatable bonds is 5. The largest absolute Gasteiger partial charge is 0.396 e. The van der Waals surface area contributed by atoms with Crippen LogP contribution in [0, 0.1) is 6.92 Å². The molecule has 0 atom stereocenters. The van der Waals surface area contributed by atoms with Gasteiger partial charge in [-0.2, -0.15) is 0 Å². The van der Waals surface area contributed by atoms with E-state index in [0.717, 1.165) is 104 Å². The van der Waals surface area contributed by atoms with E-state index in [-0.39, 0.29) is 0 Å². The molecule has 3 fully saturated rings. The first-order chi connectivity index (χ1) is 17.7. The zero-order valence-electron chi connectivity index (χ0n) is 21.3. The third-order valence-corrected chi connectivity index (χ3v) is 8.28. The number of nitrogens with one attached hydrogen (secondary N) is 2. The summed E-state index contributed by atoms with van der Waals surface area (Å²) in [6.07, 6.45) is 9.40. The summed E-state index contributed by atoms with van der Waals surface area (Å²) in [7, 11) is 0. The minimum Gasteiger partial charge on any atom is -0.396 e. The summed E-state index contributed by atoms with van der Waals surface area (Å²) in [5.74, 6) is 2.09. The highest BCUT2D eigenvalue weighted by Gasteiger charge is 2.26. The van der Waals surface area contributed by atoms with Gasteiger partial charge >= 0.3 is 0 Å². The Kier molecular flexibility index (Phi) is 6.54. The molecule has 8 nitrogen and oxygen atoms in total. The smallest absolute Gasteiger partial charge is 0.130 e. The summed E-state index contributed by atoms with van der Waals surface area (Å²) in [5, 5.41) is 3.41. The monoisotopic (exact) mass is 486 g/mol. The van der Waals surface area contributed by atoms with Gasteiger partial charge in [-0.25, -0.2) is 4.98 Å². The molecule has 1 saturated carbocycles. The third-order valence-electron chi connectivity index (χ3n) is 8.28. The van der Waals surface area contributed by atoms with Crippen LogP contribution in [0.1, 0.15) is 31.2 Å². The molecule has 3 aromatic heterocycles. The van der Waals surface area contributed by atoms with E-state index in [1.54, 1.807) is 0 Å². The van der Waals surface area contributed by atoms with Gasteiger partial charge in [0.2, 0.25) is 0 Å². The van der Waals surface area contributed by atoms with Crippen LogP contribution in [0.25, 0.3) is 22.5 Å². The van der Waals surface area contributed by atoms with Gasteiger partial charge in [0.25, 0.3) is 0 Å². The lowest BCUT2D eigenvalue weighted by atomic mass is 10.1. The fraction of sp³-hybridized carbons (Fsp3) is 0.500. The lowest BCUT2D eigenvalue weighted by Crippen LogP contribution is -2.49. The number of nitrogen functional groups attached to an aromatic ring is 1. The number of hydrogen-bond donors (Lipinski definition) is 3. The minimum atomic E-state index is 0.812. The fourth-order valence-electron chi connectivity index (χ4n) is 6.07. The number of nitrogens with zero attached hydrogens (tertiary/aromatic N) is 5. The fourth-order valence-corrected chi connectivity index (χ4v) is 6.07. The van der Waals surface area contributed by atoms with E-state index in [1.165, 1.54) is 25.7 Å². The SMILES string of the molecule is Cc1c(-c2ccnc(-c3ccc(N4CCN(C5CCCC5)CC4)nc3)c2)[nH]c(N2CCNCC2)c1N. The summed E-state index contributed by atoms with van der Waals surface area (Å²) in [6, 6.07) is 9.30. The van der Waals surface area contributed by atoms with E-state index in [0.29, 0.717) is 0 Å². The van der Waals surface area contributed by atoms with Crippen molar-refractivity contribution in [1.29, 1.82) is 0 Å². The van der Waals surface area contributed by atoms with E-state index < -0.39 is 0 Å². The van der Waals surface area contributed by atoms with Crippen LogP contribution in [0.3, 0.4) is 0 Å². The summed E-state index contributed by atoms with van der Waals surface area (Å²) in [6.45, 7) is 10.4. The first-order valence-electron chi connectivity index (χ1n) is 13.5. The summed E-state index contributed by atoms with van der Waals surface area (Å²) >= 11 is 0. The van der Waals surface area contributed by atoms with Gasteiger partial charge in [0.1, 0.15) is 11.6 Å². The van der Waals surface area contributed by atoms with Crippen LogP contribution in [-0.2, 0) is 0 Å². The Morgan fingerprint density at radius 2 is 1.67 bits per heavy atom. The van der Waals surface area contributed by atoms with Crippen molar-refractivity contribution in [1.82, 2.24) is 25.2 Å². The molecule has 8 heteroatoms. The van der Waals surface area contributed by atoms with Crippen molar-refractivity contribution >= 4 is 17.3 Å². The molecule has 2 aliphatic heterocycles. The van der Waals surface area contributed by atoms with Gasteiger partial charge in [0, 0.05) is 81.9 Å². The third kappa shape index (κ3) is 4.55. The average Bonchev–Trinajstić information content (AvgIpc) is 3.58. The predicted molar refractivity (Wildman–Crippen MR) is 148 cm³/mol. The van der Waals surface area contributed by atoms with E-state index in [1.807, 2.05) is 12.4 Å². The van der Waals surface area contributed by atoms with Gasteiger partial charge in [-0.05, 0) is 49.6 Å². The maximum Gasteiger partial charge on any atom is 0.130 e. The number of pyridine rings is 2. The van der Waals surface area contributed by atoms with Crippen molar-refractivity contribution < 1.29 is 0 Å². The second-order valence-corrected chi connectivity index (χ2v) is 10.4. The second kappa shape index (κ2) is 10.1. The Morgan fingerprint density at radius 3 is 2.39 bits per heavy atom. The van der Waals surface area contributed by atoms with Crippen molar-refractivity contribution in [3.63, 3.8) is 0 Å². The average molecular weight is 487 g/mol. The van der Waals surface area contributed by atoms with Crippen LogP contribution in [0.5, 0.6) is 0 Å². The lowest BCUT2D eigenvalue weighted by Gasteiger charge is -2.38. The molecule has 0 bridgehead atoms. The van der Waals surface area contributed by atoms with Crippen LogP contribution in [0.15, 0.2) is 36.7 Å². The molecule has 0 spiro atoms. The van der Waals surface area contributed by atoms with Crippen LogP contribution in [-0.4, -0.2) is 78.3 Å². The van der Waals surface area contributed by atoms with Crippen molar-refractivity contribution in [2.75, 3.05) is 67.9 Å². The van der Waals surface area contributed by atoms with Gasteiger partial charge in [0.05, 0.1) is 17.1 Å². The maximum absolute atomic E-state index is 6.53. The number of nitrogens with two attached hydrogens (primary N) is 1. The molecule has 0 aromatic carbocycles. The van der Waals surface area contributed by atoms with Crippen molar-refractivity contribution in [2.45, 2.75) is 38.6 Å². The van der Waals surface area contributed by atoms with E-state index in [2.05, 4.69) is 61.2 Å². The van der Waals surface area contributed by atoms with Gasteiger partial charge in [-0.15, -0.1) is 0 Å². The Balaban J connectivity index is 1.17. The molecule has 3 aliphatic rings. The first-order valence-corrected chi connectivity index (χ1v) is 13.5. The number of anilines is 3. The Morgan fingerprint density at radius 1 is 0.889 bits per heavy atom. The highest BCUT2D eigenvalue weighted by atomic mass is 15.3. The second-order valence-electron chi connectivity index (χ2n) is 10.4. The zero-order chi connectivity index (χ0) is 24.5. The summed E-state index contributed by atoms with van der Waals surface area (Å²) in [4.78, 5) is 20.5. The van der Waals surface area contributed by atoms with Crippen molar-refractivity contribution in [2.24, 2.45) is 0 Å². The Bertz CT molecular complexity index is 1170. The predicted octanol–water partition coefficient (Wildman–Crippen LogP) is 3.50. The van der Waals surface area contributed by atoms with Crippen molar-refractivity contribution in [3.8, 4) is 22.5 Å². The van der Waals surface area contributed by atoms with Crippen LogP contribution in [0.4, 0.5) is 17.3 Å². The molecule has 2 saturated heterocycles. The molecule has 6 rings (SSSR count). The molecular weight excluding hydrogens is 448 g/mol. The Hall–Kier alpha value is -3.10. The summed E-state index contributed by atoms with van der Waals surface area (Å²) in [5.41, 5.74) is 12.6. The van der Waals surface area contributed by atoms with Crippen LogP contribution < -0.4 is 20.9 Å². The van der Waals surface area contributed by atoms with E-state index in [4.69, 9.17) is 10.7 Å². The first kappa shape index (κ1) is 23.3. The molecule has 3 aromatic rings. The van der Waals surface area contributed by atoms with Crippen LogP contribution >= 0.6 is 0 Å². The molecular formula is C28H38N8. The van der Waals surface area contributed by atoms with Crippen molar-refractivity contribution in [3.05, 3.63) is 42.2 Å². The summed E-state index contributed by atoms with van der Waals surface area (Å²) < 4.78 is 0. The highest BCUT2D eigenvalue weighted by Crippen LogP contribution is 2.36. The van der Waals surface area contributed by atoms with E-state index >= 15 is 0 Å². The topological polar surface area (TPSA) is 89.3 Å². The molecule has 190 valence electrons. The number of H-pyrrole nitrogens is 1. The minimum absolute atomic E-state index is 0.812. The van der Waals surface area contributed by atoms with E-state index in [9.17, 15) is 0 Å². The molecule has 1 aliphatic carbocycles. The van der Waals surface area contributed by atoms with Gasteiger partial charge in [0.15, 0.2) is 0 Å². The lowest BCUT2D eigenvalue weighted by molar-refractivity contribution is 0.187. The molecule has 4 N–H and O–H groups in total. The molecule has 5 heterocycles. The number of hydrogen-bond acceptors (Lipinski definition) is 7. The Labute approximate surface area is 213 Å². The number of aromatic nitrogens is 3. The quantitative estimate of drug-likeness (QED) is 0.509. The van der Waals surface area contributed by atoms with Gasteiger partial charge in [-0.1, -0.05) is 12.8 Å². The molecule has 0 radical (unpaired) electrons.